The van der Waals surface area contributed by atoms with Crippen LogP contribution in [-0.2, 0) is 0 Å². The van der Waals surface area contributed by atoms with Crippen molar-refractivity contribution < 1.29 is 4.74 Å². The molecule has 1 atom stereocenters. The topological polar surface area (TPSA) is 45.0 Å². The van der Waals surface area contributed by atoms with E-state index in [0.717, 1.165) is 18.6 Å². The third kappa shape index (κ3) is 5.63. The molecule has 0 amide bonds. The Kier molecular flexibility index (Phi) is 6.04. The molecule has 3 heteroatoms. The average Bonchev–Trinajstić information content (AvgIpc) is 2.33. The lowest BCUT2D eigenvalue weighted by molar-refractivity contribution is 0.280. The molecule has 0 radical (unpaired) electrons. The van der Waals surface area contributed by atoms with Gasteiger partial charge in [0.1, 0.15) is 11.3 Å². The molecule has 1 unspecified atom stereocenters. The fraction of sp³-hybridized carbons (Fsp3) is 0.588. The van der Waals surface area contributed by atoms with Crippen molar-refractivity contribution in [2.24, 2.45) is 0 Å². The summed E-state index contributed by atoms with van der Waals surface area (Å²) in [6.07, 6.45) is 1.64. The minimum atomic E-state index is -0.472. The fourth-order valence-corrected chi connectivity index (χ4v) is 2.43. The summed E-state index contributed by atoms with van der Waals surface area (Å²) in [5.74, 6) is 0.915. The van der Waals surface area contributed by atoms with Crippen LogP contribution in [0.1, 0.15) is 44.7 Å². The number of hydrogen-bond acceptors (Lipinski definition) is 3. The van der Waals surface area contributed by atoms with Crippen molar-refractivity contribution in [2.75, 3.05) is 6.61 Å². The van der Waals surface area contributed by atoms with Crippen LogP contribution in [0.25, 0.3) is 0 Å². The Balaban J connectivity index is 2.43. The van der Waals surface area contributed by atoms with Crippen LogP contribution in [0.4, 0.5) is 0 Å². The van der Waals surface area contributed by atoms with E-state index in [-0.39, 0.29) is 0 Å². The van der Waals surface area contributed by atoms with E-state index < -0.39 is 5.54 Å². The van der Waals surface area contributed by atoms with E-state index in [1.54, 1.807) is 0 Å². The highest BCUT2D eigenvalue weighted by atomic mass is 16.5. The number of nitrogens with one attached hydrogen (secondary N) is 1. The highest BCUT2D eigenvalue weighted by molar-refractivity contribution is 5.32. The van der Waals surface area contributed by atoms with Crippen molar-refractivity contribution in [1.82, 2.24) is 5.32 Å². The lowest BCUT2D eigenvalue weighted by atomic mass is 9.97. The average molecular weight is 274 g/mol. The number of nitrogens with zero attached hydrogens (tertiary/aromatic N) is 1. The zero-order valence-electron chi connectivity index (χ0n) is 13.3. The highest BCUT2D eigenvalue weighted by Gasteiger charge is 2.23. The number of nitriles is 1. The van der Waals surface area contributed by atoms with Crippen molar-refractivity contribution in [3.63, 3.8) is 0 Å². The number of aryl methyl sites for hydroxylation is 2. The van der Waals surface area contributed by atoms with E-state index in [9.17, 15) is 5.26 Å². The van der Waals surface area contributed by atoms with Gasteiger partial charge < -0.3 is 4.74 Å². The van der Waals surface area contributed by atoms with Crippen LogP contribution in [0, 0.1) is 25.2 Å². The molecule has 0 spiro atoms. The Morgan fingerprint density at radius 2 is 1.85 bits per heavy atom. The molecular weight excluding hydrogens is 248 g/mol. The second-order valence-corrected chi connectivity index (χ2v) is 6.02. The highest BCUT2D eigenvalue weighted by Crippen LogP contribution is 2.18. The SMILES string of the molecule is Cc1cc(C)cc(OCCCC(C)(C#N)NC(C)C)c1. The van der Waals surface area contributed by atoms with E-state index >= 15 is 0 Å². The summed E-state index contributed by atoms with van der Waals surface area (Å²) < 4.78 is 5.78. The fourth-order valence-electron chi connectivity index (χ4n) is 2.43. The van der Waals surface area contributed by atoms with Gasteiger partial charge in [-0.25, -0.2) is 0 Å². The van der Waals surface area contributed by atoms with Gasteiger partial charge in [-0.1, -0.05) is 6.07 Å². The molecule has 0 aliphatic heterocycles. The molecule has 110 valence electrons. The molecule has 1 N–H and O–H groups in total. The molecule has 0 aromatic heterocycles. The molecule has 1 aromatic rings. The first kappa shape index (κ1) is 16.5. The van der Waals surface area contributed by atoms with Crippen molar-refractivity contribution in [1.29, 1.82) is 5.26 Å². The molecule has 3 nitrogen and oxygen atoms in total. The minimum absolute atomic E-state index is 0.306. The Morgan fingerprint density at radius 1 is 1.25 bits per heavy atom. The molecule has 0 aliphatic carbocycles. The molecule has 20 heavy (non-hydrogen) atoms. The van der Waals surface area contributed by atoms with Gasteiger partial charge in [-0.05, 0) is 70.7 Å². The minimum Gasteiger partial charge on any atom is -0.494 e. The second-order valence-electron chi connectivity index (χ2n) is 6.02. The first-order chi connectivity index (χ1) is 9.34. The smallest absolute Gasteiger partial charge is 0.119 e. The Morgan fingerprint density at radius 3 is 2.35 bits per heavy atom. The zero-order chi connectivity index (χ0) is 15.2. The molecule has 0 saturated heterocycles. The largest absolute Gasteiger partial charge is 0.494 e. The van der Waals surface area contributed by atoms with E-state index in [2.05, 4.69) is 45.1 Å². The van der Waals surface area contributed by atoms with Gasteiger partial charge in [-0.3, -0.25) is 5.32 Å². The Labute approximate surface area is 123 Å². The van der Waals surface area contributed by atoms with Crippen LogP contribution in [0.5, 0.6) is 5.75 Å². The van der Waals surface area contributed by atoms with Gasteiger partial charge in [0.05, 0.1) is 12.7 Å². The molecule has 1 aromatic carbocycles. The Bertz CT molecular complexity index is 456. The van der Waals surface area contributed by atoms with Gasteiger partial charge in [-0.2, -0.15) is 5.26 Å². The Hall–Kier alpha value is -1.53. The molecule has 0 heterocycles. The van der Waals surface area contributed by atoms with Gasteiger partial charge in [0.25, 0.3) is 0 Å². The van der Waals surface area contributed by atoms with E-state index in [4.69, 9.17) is 4.74 Å². The molecular formula is C17H26N2O. The summed E-state index contributed by atoms with van der Waals surface area (Å²) in [6.45, 7) is 10.8. The zero-order valence-corrected chi connectivity index (χ0v) is 13.3. The summed E-state index contributed by atoms with van der Waals surface area (Å²) in [5.41, 5.74) is 1.95. The third-order valence-electron chi connectivity index (χ3n) is 3.14. The van der Waals surface area contributed by atoms with Crippen molar-refractivity contribution in [2.45, 2.75) is 59.0 Å². The normalized spacial score (nSPS) is 13.8. The maximum absolute atomic E-state index is 9.27. The van der Waals surface area contributed by atoms with E-state index in [1.807, 2.05) is 19.1 Å². The lowest BCUT2D eigenvalue weighted by Crippen LogP contribution is -2.45. The molecule has 1 rings (SSSR count). The number of benzene rings is 1. The van der Waals surface area contributed by atoms with E-state index in [0.29, 0.717) is 12.6 Å². The van der Waals surface area contributed by atoms with Crippen LogP contribution in [0.3, 0.4) is 0 Å². The second kappa shape index (κ2) is 7.31. The summed E-state index contributed by atoms with van der Waals surface area (Å²) >= 11 is 0. The molecule has 0 bridgehead atoms. The van der Waals surface area contributed by atoms with Crippen molar-refractivity contribution >= 4 is 0 Å². The summed E-state index contributed by atoms with van der Waals surface area (Å²) in [7, 11) is 0. The van der Waals surface area contributed by atoms with Crippen LogP contribution >= 0.6 is 0 Å². The number of hydrogen-bond donors (Lipinski definition) is 1. The summed E-state index contributed by atoms with van der Waals surface area (Å²) in [4.78, 5) is 0. The van der Waals surface area contributed by atoms with Gasteiger partial charge in [-0.15, -0.1) is 0 Å². The summed E-state index contributed by atoms with van der Waals surface area (Å²) in [5, 5.41) is 12.6. The third-order valence-corrected chi connectivity index (χ3v) is 3.14. The van der Waals surface area contributed by atoms with Gasteiger partial charge in [0.2, 0.25) is 0 Å². The lowest BCUT2D eigenvalue weighted by Gasteiger charge is -2.25. The van der Waals surface area contributed by atoms with Gasteiger partial charge in [0, 0.05) is 6.04 Å². The van der Waals surface area contributed by atoms with Crippen LogP contribution in [0.2, 0.25) is 0 Å². The quantitative estimate of drug-likeness (QED) is 0.770. The number of rotatable bonds is 7. The van der Waals surface area contributed by atoms with Gasteiger partial charge >= 0.3 is 0 Å². The molecule has 0 fully saturated rings. The first-order valence-corrected chi connectivity index (χ1v) is 7.25. The monoisotopic (exact) mass is 274 g/mol. The maximum Gasteiger partial charge on any atom is 0.119 e. The van der Waals surface area contributed by atoms with Crippen LogP contribution in [0.15, 0.2) is 18.2 Å². The molecule has 0 aliphatic rings. The predicted molar refractivity (Wildman–Crippen MR) is 82.9 cm³/mol. The van der Waals surface area contributed by atoms with Gasteiger partial charge in [0.15, 0.2) is 0 Å². The van der Waals surface area contributed by atoms with Crippen molar-refractivity contribution in [3.8, 4) is 11.8 Å². The van der Waals surface area contributed by atoms with Crippen LogP contribution < -0.4 is 10.1 Å². The standard InChI is InChI=1S/C17H26N2O/c1-13(2)19-17(5,12-18)7-6-8-20-16-10-14(3)9-15(4)11-16/h9-11,13,19H,6-8H2,1-5H3. The van der Waals surface area contributed by atoms with Crippen LogP contribution in [-0.4, -0.2) is 18.2 Å². The first-order valence-electron chi connectivity index (χ1n) is 7.25. The molecule has 0 saturated carbocycles. The van der Waals surface area contributed by atoms with E-state index in [1.165, 1.54) is 11.1 Å². The predicted octanol–water partition coefficient (Wildman–Crippen LogP) is 3.74. The number of ether oxygens (including phenoxy) is 1. The van der Waals surface area contributed by atoms with Crippen molar-refractivity contribution in [3.05, 3.63) is 29.3 Å². The summed E-state index contributed by atoms with van der Waals surface area (Å²) in [6, 6.07) is 8.89. The maximum atomic E-state index is 9.27.